The molecular formula is C13H14F3N3S. The number of thioether (sulfide) groups is 1. The zero-order chi connectivity index (χ0) is 15.3. The van der Waals surface area contributed by atoms with E-state index in [-0.39, 0.29) is 11.1 Å². The van der Waals surface area contributed by atoms with Crippen molar-refractivity contribution in [2.24, 2.45) is 0 Å². The summed E-state index contributed by atoms with van der Waals surface area (Å²) in [6.45, 7) is 4.67. The van der Waals surface area contributed by atoms with E-state index in [9.17, 15) is 18.4 Å². The van der Waals surface area contributed by atoms with Crippen LogP contribution in [0.4, 0.5) is 13.2 Å². The Morgan fingerprint density at radius 1 is 1.10 bits per heavy atom. The van der Waals surface area contributed by atoms with Gasteiger partial charge in [0.15, 0.2) is 0 Å². The standard InChI is InChI=1S/C13H14F3N3S/c1-9(12(8-18)20-13(14,15)16)11(7-17)10(2)19-5-3-4-6-19/h3-6H2,1-2H3/b11-10+,12-9-. The number of nitriles is 2. The number of alkyl halides is 3. The van der Waals surface area contributed by atoms with Gasteiger partial charge in [0.2, 0.25) is 0 Å². The number of hydrogen-bond donors (Lipinski definition) is 0. The highest BCUT2D eigenvalue weighted by molar-refractivity contribution is 8.04. The first kappa shape index (κ1) is 16.5. The molecule has 0 saturated carbocycles. The smallest absolute Gasteiger partial charge is 0.374 e. The molecule has 1 aliphatic rings. The van der Waals surface area contributed by atoms with Gasteiger partial charge in [-0.3, -0.25) is 0 Å². The molecule has 1 aliphatic heterocycles. The lowest BCUT2D eigenvalue weighted by Crippen LogP contribution is -2.18. The molecule has 0 spiro atoms. The first-order chi connectivity index (χ1) is 9.30. The molecule has 3 nitrogen and oxygen atoms in total. The van der Waals surface area contributed by atoms with Crippen molar-refractivity contribution in [2.45, 2.75) is 32.2 Å². The van der Waals surface area contributed by atoms with Crippen molar-refractivity contribution >= 4 is 11.8 Å². The van der Waals surface area contributed by atoms with Crippen molar-refractivity contribution in [1.82, 2.24) is 4.90 Å². The summed E-state index contributed by atoms with van der Waals surface area (Å²) in [4.78, 5) is 1.49. The SMILES string of the molecule is CC(=C(\C#N)SC(F)(F)F)/C(C#N)=C(\C)N1CCCC1. The fraction of sp³-hybridized carbons (Fsp3) is 0.538. The van der Waals surface area contributed by atoms with Gasteiger partial charge in [0.05, 0.1) is 10.5 Å². The summed E-state index contributed by atoms with van der Waals surface area (Å²) in [5.74, 6) is 0. The Hall–Kier alpha value is -1.60. The van der Waals surface area contributed by atoms with Gasteiger partial charge < -0.3 is 4.90 Å². The molecule has 1 rings (SSSR count). The lowest BCUT2D eigenvalue weighted by atomic mass is 10.1. The molecule has 1 saturated heterocycles. The number of nitrogens with zero attached hydrogens (tertiary/aromatic N) is 3. The van der Waals surface area contributed by atoms with E-state index < -0.39 is 22.2 Å². The summed E-state index contributed by atoms with van der Waals surface area (Å²) in [7, 11) is 0. The molecule has 0 bridgehead atoms. The third-order valence-corrected chi connectivity index (χ3v) is 3.92. The molecule has 1 heterocycles. The van der Waals surface area contributed by atoms with E-state index in [0.717, 1.165) is 25.9 Å². The van der Waals surface area contributed by atoms with Crippen LogP contribution in [0.3, 0.4) is 0 Å². The van der Waals surface area contributed by atoms with E-state index in [1.807, 2.05) is 11.0 Å². The first-order valence-corrected chi connectivity index (χ1v) is 6.84. The van der Waals surface area contributed by atoms with Crippen molar-refractivity contribution in [3.8, 4) is 12.1 Å². The quantitative estimate of drug-likeness (QED) is 0.585. The van der Waals surface area contributed by atoms with Crippen LogP contribution >= 0.6 is 11.8 Å². The molecule has 20 heavy (non-hydrogen) atoms. The van der Waals surface area contributed by atoms with Gasteiger partial charge in [-0.25, -0.2) is 0 Å². The number of halogens is 3. The van der Waals surface area contributed by atoms with Crippen LogP contribution in [0.15, 0.2) is 21.7 Å². The second-order valence-electron chi connectivity index (χ2n) is 4.38. The largest absolute Gasteiger partial charge is 0.447 e. The van der Waals surface area contributed by atoms with Crippen LogP contribution in [-0.4, -0.2) is 23.5 Å². The molecule has 0 aromatic rings. The highest BCUT2D eigenvalue weighted by atomic mass is 32.2. The second-order valence-corrected chi connectivity index (χ2v) is 5.46. The molecule has 0 amide bonds. The van der Waals surface area contributed by atoms with Crippen molar-refractivity contribution in [2.75, 3.05) is 13.1 Å². The average molecular weight is 301 g/mol. The van der Waals surface area contributed by atoms with Gasteiger partial charge in [0.25, 0.3) is 0 Å². The summed E-state index contributed by atoms with van der Waals surface area (Å²) in [5, 5.41) is 18.1. The fourth-order valence-electron chi connectivity index (χ4n) is 2.06. The maximum absolute atomic E-state index is 12.4. The molecule has 0 N–H and O–H groups in total. The second kappa shape index (κ2) is 6.71. The third-order valence-electron chi connectivity index (χ3n) is 3.09. The lowest BCUT2D eigenvalue weighted by Gasteiger charge is -2.20. The topological polar surface area (TPSA) is 50.8 Å². The Bertz CT molecular complexity index is 514. The molecule has 0 aromatic heterocycles. The van der Waals surface area contributed by atoms with Crippen LogP contribution in [0, 0.1) is 22.7 Å². The van der Waals surface area contributed by atoms with E-state index in [1.165, 1.54) is 13.0 Å². The lowest BCUT2D eigenvalue weighted by molar-refractivity contribution is -0.0321. The minimum absolute atomic E-state index is 0.0849. The van der Waals surface area contributed by atoms with E-state index in [0.29, 0.717) is 5.70 Å². The molecular weight excluding hydrogens is 287 g/mol. The van der Waals surface area contributed by atoms with Crippen LogP contribution in [0.5, 0.6) is 0 Å². The average Bonchev–Trinajstić information content (AvgIpc) is 2.89. The molecule has 0 unspecified atom stereocenters. The molecule has 108 valence electrons. The van der Waals surface area contributed by atoms with Gasteiger partial charge in [-0.2, -0.15) is 23.7 Å². The van der Waals surface area contributed by atoms with Crippen LogP contribution in [0.25, 0.3) is 0 Å². The fourth-order valence-corrected chi connectivity index (χ4v) is 2.59. The van der Waals surface area contributed by atoms with Gasteiger partial charge >= 0.3 is 5.51 Å². The summed E-state index contributed by atoms with van der Waals surface area (Å²) < 4.78 is 37.2. The van der Waals surface area contributed by atoms with Gasteiger partial charge in [-0.05, 0) is 44.0 Å². The zero-order valence-electron chi connectivity index (χ0n) is 11.2. The maximum atomic E-state index is 12.4. The number of likely N-dealkylation sites (tertiary alicyclic amines) is 1. The molecule has 0 aliphatic carbocycles. The van der Waals surface area contributed by atoms with E-state index in [1.54, 1.807) is 6.92 Å². The van der Waals surface area contributed by atoms with Crippen molar-refractivity contribution < 1.29 is 13.2 Å². The molecule has 0 atom stereocenters. The van der Waals surface area contributed by atoms with E-state index >= 15 is 0 Å². The van der Waals surface area contributed by atoms with Gasteiger partial charge in [-0.1, -0.05) is 0 Å². The van der Waals surface area contributed by atoms with Crippen LogP contribution in [-0.2, 0) is 0 Å². The Morgan fingerprint density at radius 2 is 1.65 bits per heavy atom. The monoisotopic (exact) mass is 301 g/mol. The van der Waals surface area contributed by atoms with Crippen molar-refractivity contribution in [1.29, 1.82) is 10.5 Å². The Kier molecular flexibility index (Phi) is 5.52. The molecule has 7 heteroatoms. The Balaban J connectivity index is 3.18. The Labute approximate surface area is 120 Å². The number of hydrogen-bond acceptors (Lipinski definition) is 4. The van der Waals surface area contributed by atoms with E-state index in [4.69, 9.17) is 5.26 Å². The predicted octanol–water partition coefficient (Wildman–Crippen LogP) is 3.93. The van der Waals surface area contributed by atoms with Crippen molar-refractivity contribution in [3.63, 3.8) is 0 Å². The zero-order valence-corrected chi connectivity index (χ0v) is 12.0. The highest BCUT2D eigenvalue weighted by Crippen LogP contribution is 2.39. The highest BCUT2D eigenvalue weighted by Gasteiger charge is 2.32. The predicted molar refractivity (Wildman–Crippen MR) is 71.1 cm³/mol. The van der Waals surface area contributed by atoms with Gasteiger partial charge in [-0.15, -0.1) is 0 Å². The maximum Gasteiger partial charge on any atom is 0.447 e. The number of rotatable bonds is 3. The molecule has 0 radical (unpaired) electrons. The summed E-state index contributed by atoms with van der Waals surface area (Å²) in [6.07, 6.45) is 2.00. The summed E-state index contributed by atoms with van der Waals surface area (Å²) in [5.41, 5.74) is -3.66. The first-order valence-electron chi connectivity index (χ1n) is 6.03. The minimum atomic E-state index is -4.53. The van der Waals surface area contributed by atoms with E-state index in [2.05, 4.69) is 0 Å². The van der Waals surface area contributed by atoms with Gasteiger partial charge in [0, 0.05) is 18.8 Å². The summed E-state index contributed by atoms with van der Waals surface area (Å²) >= 11 is -0.472. The third kappa shape index (κ3) is 4.21. The van der Waals surface area contributed by atoms with Crippen LogP contribution in [0.1, 0.15) is 26.7 Å². The minimum Gasteiger partial charge on any atom is -0.374 e. The number of allylic oxidation sites excluding steroid dienone is 4. The Morgan fingerprint density at radius 3 is 2.05 bits per heavy atom. The van der Waals surface area contributed by atoms with Crippen LogP contribution in [0.2, 0.25) is 0 Å². The summed E-state index contributed by atoms with van der Waals surface area (Å²) in [6, 6.07) is 3.46. The molecule has 1 fully saturated rings. The normalized spacial score (nSPS) is 18.1. The van der Waals surface area contributed by atoms with Gasteiger partial charge in [0.1, 0.15) is 12.1 Å². The molecule has 0 aromatic carbocycles. The van der Waals surface area contributed by atoms with Crippen LogP contribution < -0.4 is 0 Å². The van der Waals surface area contributed by atoms with Crippen molar-refractivity contribution in [3.05, 3.63) is 21.7 Å².